The number of allylic oxidation sites excluding steroid dienone is 16. The Morgan fingerprint density at radius 3 is 0.808 bits per heavy atom. The topological polar surface area (TPSA) is 237 Å². The van der Waals surface area contributed by atoms with Crippen molar-refractivity contribution in [2.24, 2.45) is 0 Å². The number of carbonyl (C=O) groups is 4. The minimum Gasteiger partial charge on any atom is -0.462 e. The molecule has 0 saturated carbocycles. The predicted octanol–water partition coefficient (Wildman–Crippen LogP) is 24.3. The van der Waals surface area contributed by atoms with Gasteiger partial charge in [0.15, 0.2) is 12.2 Å². The van der Waals surface area contributed by atoms with Crippen LogP contribution in [0, 0.1) is 0 Å². The molecule has 0 radical (unpaired) electrons. The molecule has 0 aromatic carbocycles. The number of aliphatic hydroxyl groups excluding tert-OH is 1. The fourth-order valence-electron chi connectivity index (χ4n) is 11.2. The van der Waals surface area contributed by atoms with Crippen molar-refractivity contribution in [3.8, 4) is 0 Å². The molecule has 0 aromatic rings. The van der Waals surface area contributed by atoms with E-state index in [1.165, 1.54) is 96.3 Å². The summed E-state index contributed by atoms with van der Waals surface area (Å²) >= 11 is 0. The van der Waals surface area contributed by atoms with Crippen LogP contribution in [0.1, 0.15) is 362 Å². The monoisotopic (exact) mass is 1510 g/mol. The first kappa shape index (κ1) is 100.0. The summed E-state index contributed by atoms with van der Waals surface area (Å²) in [5.74, 6) is -2.19. The molecule has 3 N–H and O–H groups in total. The Morgan fingerprint density at radius 1 is 0.279 bits per heavy atom. The second kappa shape index (κ2) is 77.1. The van der Waals surface area contributed by atoms with Gasteiger partial charge in [-0.2, -0.15) is 0 Å². The Kier molecular flexibility index (Phi) is 74.2. The number of phosphoric ester groups is 2. The number of carbonyl (C=O) groups excluding carboxylic acids is 4. The third-order valence-corrected chi connectivity index (χ3v) is 19.4. The summed E-state index contributed by atoms with van der Waals surface area (Å²) in [5, 5.41) is 10.6. The van der Waals surface area contributed by atoms with E-state index < -0.39 is 97.5 Å². The van der Waals surface area contributed by atoms with Crippen LogP contribution < -0.4 is 0 Å². The van der Waals surface area contributed by atoms with Gasteiger partial charge < -0.3 is 33.8 Å². The molecule has 0 spiro atoms. The quantitative estimate of drug-likeness (QED) is 0.0169. The van der Waals surface area contributed by atoms with Crippen molar-refractivity contribution < 1.29 is 80.2 Å². The van der Waals surface area contributed by atoms with Crippen molar-refractivity contribution in [3.63, 3.8) is 0 Å². The van der Waals surface area contributed by atoms with Gasteiger partial charge in [-0.25, -0.2) is 9.13 Å². The molecule has 104 heavy (non-hydrogen) atoms. The largest absolute Gasteiger partial charge is 0.472 e. The summed E-state index contributed by atoms with van der Waals surface area (Å²) in [6, 6.07) is 0. The van der Waals surface area contributed by atoms with Gasteiger partial charge in [-0.1, -0.05) is 305 Å². The van der Waals surface area contributed by atoms with E-state index in [0.29, 0.717) is 25.7 Å². The molecule has 5 atom stereocenters. The van der Waals surface area contributed by atoms with Crippen LogP contribution in [-0.2, 0) is 65.4 Å². The third-order valence-electron chi connectivity index (χ3n) is 17.5. The molecule has 0 heterocycles. The van der Waals surface area contributed by atoms with Crippen molar-refractivity contribution >= 4 is 39.5 Å². The molecule has 0 fully saturated rings. The highest BCUT2D eigenvalue weighted by atomic mass is 31.2. The van der Waals surface area contributed by atoms with E-state index in [4.69, 9.17) is 37.0 Å². The normalized spacial score (nSPS) is 14.3. The van der Waals surface area contributed by atoms with Gasteiger partial charge in [0.1, 0.15) is 19.3 Å². The molecule has 0 saturated heterocycles. The standard InChI is InChI=1S/C85H150O17P2/c1-5-9-13-17-21-25-29-33-35-37-39-41-43-47-49-53-57-61-65-69-82(87)95-75-80(101-84(89)71-67-63-59-55-51-45-31-27-23-19-15-11-7-3)77-99-103(91,92)97-73-79(86)74-98-104(93,94)100-78-81(102-85(90)72-68-64-60-56-52-46-32-28-24-20-16-12-8-4)76-96-83(88)70-66-62-58-54-50-48-44-42-40-38-36-34-30-26-22-18-14-10-6-2/h9,13,21-22,25-27,31,33-36,39-42,79-81,86H,5-8,10-12,14-20,23-24,28-30,32,37-38,43-78H2,1-4H3,(H,91,92)(H,93,94)/b13-9-,25-21-,26-22-,31-27-,35-33-,36-34-,41-39-,42-40-. The Hall–Kier alpha value is -4.02. The van der Waals surface area contributed by atoms with Gasteiger partial charge in [0.25, 0.3) is 0 Å². The van der Waals surface area contributed by atoms with Gasteiger partial charge in [0.2, 0.25) is 0 Å². The maximum Gasteiger partial charge on any atom is 0.472 e. The van der Waals surface area contributed by atoms with E-state index in [9.17, 15) is 43.2 Å². The van der Waals surface area contributed by atoms with Gasteiger partial charge in [-0.05, 0) is 128 Å². The fraction of sp³-hybridized carbons (Fsp3) is 0.765. The van der Waals surface area contributed by atoms with E-state index in [-0.39, 0.29) is 25.7 Å². The first-order valence-electron chi connectivity index (χ1n) is 41.5. The number of aliphatic hydroxyl groups is 1. The van der Waals surface area contributed by atoms with E-state index >= 15 is 0 Å². The molecule has 0 aliphatic heterocycles. The SMILES string of the molecule is CC/C=C\C/C=C\C/C=C\C/C=C\CCCCCCCCC(=O)OCC(COP(=O)(O)OCC(O)COP(=O)(O)OCC(COC(=O)CCCCCCCC/C=C\C/C=C\C/C=C\CCCCC)OC(=O)CCCCCCCCCCCCCCC)OC(=O)CCCCCCC/C=C\CCCCCC. The average molecular weight is 1510 g/mol. The maximum atomic E-state index is 13.1. The number of unbranched alkanes of at least 4 members (excludes halogenated alkanes) is 36. The van der Waals surface area contributed by atoms with Crippen LogP contribution in [0.25, 0.3) is 0 Å². The fourth-order valence-corrected chi connectivity index (χ4v) is 12.8. The summed E-state index contributed by atoms with van der Waals surface area (Å²) in [6.07, 6.45) is 82.3. The average Bonchev–Trinajstić information content (AvgIpc) is 0.913. The predicted molar refractivity (Wildman–Crippen MR) is 427 cm³/mol. The smallest absolute Gasteiger partial charge is 0.462 e. The van der Waals surface area contributed by atoms with Crippen molar-refractivity contribution in [2.75, 3.05) is 39.6 Å². The highest BCUT2D eigenvalue weighted by Crippen LogP contribution is 2.45. The van der Waals surface area contributed by atoms with Crippen LogP contribution >= 0.6 is 15.6 Å². The van der Waals surface area contributed by atoms with E-state index in [2.05, 4.69) is 125 Å². The van der Waals surface area contributed by atoms with Crippen molar-refractivity contribution in [3.05, 3.63) is 97.2 Å². The second-order valence-corrected chi connectivity index (χ2v) is 30.6. The first-order chi connectivity index (χ1) is 50.7. The van der Waals surface area contributed by atoms with E-state index in [1.807, 2.05) is 0 Å². The van der Waals surface area contributed by atoms with Crippen molar-refractivity contribution in [1.29, 1.82) is 0 Å². The number of esters is 4. The van der Waals surface area contributed by atoms with Crippen LogP contribution in [0.2, 0.25) is 0 Å². The van der Waals surface area contributed by atoms with Gasteiger partial charge in [-0.15, -0.1) is 0 Å². The van der Waals surface area contributed by atoms with Gasteiger partial charge in [0.05, 0.1) is 26.4 Å². The van der Waals surface area contributed by atoms with Gasteiger partial charge in [-0.3, -0.25) is 37.3 Å². The summed E-state index contributed by atoms with van der Waals surface area (Å²) in [4.78, 5) is 73.1. The lowest BCUT2D eigenvalue weighted by Gasteiger charge is -2.21. The molecular weight excluding hydrogens is 1350 g/mol. The molecule has 17 nitrogen and oxygen atoms in total. The van der Waals surface area contributed by atoms with E-state index in [1.54, 1.807) is 0 Å². The molecule has 0 aliphatic rings. The highest BCUT2D eigenvalue weighted by Gasteiger charge is 2.30. The molecule has 0 rings (SSSR count). The summed E-state index contributed by atoms with van der Waals surface area (Å²) in [6.45, 7) is 4.74. The molecule has 0 aromatic heterocycles. The summed E-state index contributed by atoms with van der Waals surface area (Å²) < 4.78 is 68.7. The van der Waals surface area contributed by atoms with Crippen LogP contribution in [0.3, 0.4) is 0 Å². The zero-order valence-corrected chi connectivity index (χ0v) is 67.7. The Labute approximate surface area is 633 Å². The van der Waals surface area contributed by atoms with Crippen LogP contribution in [0.4, 0.5) is 0 Å². The molecule has 602 valence electrons. The second-order valence-electron chi connectivity index (χ2n) is 27.7. The Morgan fingerprint density at radius 2 is 0.500 bits per heavy atom. The van der Waals surface area contributed by atoms with Crippen molar-refractivity contribution in [1.82, 2.24) is 0 Å². The first-order valence-corrected chi connectivity index (χ1v) is 44.5. The maximum absolute atomic E-state index is 13.1. The van der Waals surface area contributed by atoms with Crippen LogP contribution in [0.15, 0.2) is 97.2 Å². The number of rotatable bonds is 78. The zero-order valence-electron chi connectivity index (χ0n) is 65.9. The van der Waals surface area contributed by atoms with Crippen LogP contribution in [-0.4, -0.2) is 96.7 Å². The minimum atomic E-state index is -4.98. The number of phosphoric acid groups is 2. The summed E-state index contributed by atoms with van der Waals surface area (Å²) in [5.41, 5.74) is 0. The zero-order chi connectivity index (χ0) is 76.0. The Balaban J connectivity index is 5.33. The lowest BCUT2D eigenvalue weighted by atomic mass is 10.0. The van der Waals surface area contributed by atoms with E-state index in [0.717, 1.165) is 186 Å². The third kappa shape index (κ3) is 76.2. The van der Waals surface area contributed by atoms with Crippen molar-refractivity contribution in [2.45, 2.75) is 380 Å². The van der Waals surface area contributed by atoms with Gasteiger partial charge in [0, 0.05) is 25.7 Å². The summed E-state index contributed by atoms with van der Waals surface area (Å²) in [7, 11) is -9.96. The molecule has 0 amide bonds. The lowest BCUT2D eigenvalue weighted by Crippen LogP contribution is -2.30. The number of hydrogen-bond acceptors (Lipinski definition) is 15. The Bertz CT molecular complexity index is 2350. The van der Waals surface area contributed by atoms with Crippen LogP contribution in [0.5, 0.6) is 0 Å². The molecule has 19 heteroatoms. The molecule has 0 aliphatic carbocycles. The number of ether oxygens (including phenoxy) is 4. The highest BCUT2D eigenvalue weighted by molar-refractivity contribution is 7.47. The minimum absolute atomic E-state index is 0.0822. The molecular formula is C85H150O17P2. The molecule has 0 bridgehead atoms. The molecule has 5 unspecified atom stereocenters. The van der Waals surface area contributed by atoms with Gasteiger partial charge >= 0.3 is 39.5 Å². The number of hydrogen-bond donors (Lipinski definition) is 3. The lowest BCUT2D eigenvalue weighted by molar-refractivity contribution is -0.161.